The molecule has 5 nitrogen and oxygen atoms in total. The summed E-state index contributed by atoms with van der Waals surface area (Å²) in [4.78, 5) is 24.9. The molecule has 1 aromatic carbocycles. The van der Waals surface area contributed by atoms with Gasteiger partial charge in [-0.25, -0.2) is 4.98 Å². The van der Waals surface area contributed by atoms with Crippen LogP contribution in [0.3, 0.4) is 0 Å². The van der Waals surface area contributed by atoms with Gasteiger partial charge in [-0.2, -0.15) is 0 Å². The van der Waals surface area contributed by atoms with Gasteiger partial charge in [0.1, 0.15) is 5.82 Å². The molecule has 1 N–H and O–H groups in total. The van der Waals surface area contributed by atoms with Crippen molar-refractivity contribution in [3.8, 4) is 0 Å². The number of benzene rings is 1. The van der Waals surface area contributed by atoms with E-state index < -0.39 is 0 Å². The fraction of sp³-hybridized carbons (Fsp3) is 0.579. The Hall–Kier alpha value is -2.04. The molecule has 4 rings (SSSR count). The molecule has 1 aliphatic carbocycles. The molecule has 2 heterocycles. The second-order valence-electron chi connectivity index (χ2n) is 7.17. The highest BCUT2D eigenvalue weighted by Gasteiger charge is 2.28. The number of hydrogen-bond donors (Lipinski definition) is 1. The van der Waals surface area contributed by atoms with Crippen LogP contribution in [0.15, 0.2) is 18.2 Å². The minimum Gasteiger partial charge on any atom is -0.368 e. The van der Waals surface area contributed by atoms with Gasteiger partial charge in [0.15, 0.2) is 0 Å². The lowest BCUT2D eigenvalue weighted by molar-refractivity contribution is -0.136. The molecule has 2 aliphatic rings. The van der Waals surface area contributed by atoms with Crippen molar-refractivity contribution in [2.75, 3.05) is 31.1 Å². The Kier molecular flexibility index (Phi) is 4.17. The molecule has 2 aromatic rings. The first-order valence-electron chi connectivity index (χ1n) is 9.21. The smallest absolute Gasteiger partial charge is 0.225 e. The van der Waals surface area contributed by atoms with Crippen LogP contribution < -0.4 is 4.90 Å². The van der Waals surface area contributed by atoms with Gasteiger partial charge in [0.05, 0.1) is 11.0 Å². The highest BCUT2D eigenvalue weighted by Crippen LogP contribution is 2.27. The SMILES string of the molecule is Cc1nc2ccc(N3CCN(C(=O)C4CCCCC4)CC3)cc2[nH]1. The Bertz CT molecular complexity index is 724. The van der Waals surface area contributed by atoms with E-state index >= 15 is 0 Å². The maximum absolute atomic E-state index is 12.7. The van der Waals surface area contributed by atoms with Crippen molar-refractivity contribution in [1.29, 1.82) is 0 Å². The minimum absolute atomic E-state index is 0.287. The van der Waals surface area contributed by atoms with Gasteiger partial charge < -0.3 is 14.8 Å². The molecule has 2 fully saturated rings. The van der Waals surface area contributed by atoms with E-state index in [1.807, 2.05) is 6.92 Å². The van der Waals surface area contributed by atoms with Gasteiger partial charge in [-0.3, -0.25) is 4.79 Å². The Balaban J connectivity index is 1.40. The number of H-pyrrole nitrogens is 1. The number of nitrogens with one attached hydrogen (secondary N) is 1. The maximum Gasteiger partial charge on any atom is 0.225 e. The van der Waals surface area contributed by atoms with Crippen LogP contribution in [0.5, 0.6) is 0 Å². The third kappa shape index (κ3) is 2.99. The van der Waals surface area contributed by atoms with Gasteiger partial charge in [-0.1, -0.05) is 19.3 Å². The Labute approximate surface area is 143 Å². The molecular formula is C19H26N4O. The van der Waals surface area contributed by atoms with E-state index in [4.69, 9.17) is 0 Å². The van der Waals surface area contributed by atoms with E-state index in [2.05, 4.69) is 38.0 Å². The van der Waals surface area contributed by atoms with Crippen molar-refractivity contribution < 1.29 is 4.79 Å². The summed E-state index contributed by atoms with van der Waals surface area (Å²) in [5, 5.41) is 0. The summed E-state index contributed by atoms with van der Waals surface area (Å²) >= 11 is 0. The van der Waals surface area contributed by atoms with Crippen LogP contribution in [0.1, 0.15) is 37.9 Å². The summed E-state index contributed by atoms with van der Waals surface area (Å²) in [6.07, 6.45) is 5.93. The van der Waals surface area contributed by atoms with Crippen LogP contribution >= 0.6 is 0 Å². The molecule has 0 spiro atoms. The number of amides is 1. The molecule has 0 radical (unpaired) electrons. The molecule has 0 bridgehead atoms. The molecule has 1 amide bonds. The van der Waals surface area contributed by atoms with E-state index in [1.54, 1.807) is 0 Å². The van der Waals surface area contributed by atoms with Gasteiger partial charge in [-0.05, 0) is 38.0 Å². The van der Waals surface area contributed by atoms with Crippen molar-refractivity contribution in [2.24, 2.45) is 5.92 Å². The molecule has 1 aliphatic heterocycles. The van der Waals surface area contributed by atoms with Gasteiger partial charge in [0.2, 0.25) is 5.91 Å². The Morgan fingerprint density at radius 3 is 2.62 bits per heavy atom. The van der Waals surface area contributed by atoms with Crippen LogP contribution in [0.2, 0.25) is 0 Å². The summed E-state index contributed by atoms with van der Waals surface area (Å²) in [7, 11) is 0. The van der Waals surface area contributed by atoms with Crippen LogP contribution in [-0.2, 0) is 4.79 Å². The Morgan fingerprint density at radius 1 is 1.12 bits per heavy atom. The van der Waals surface area contributed by atoms with Crippen LogP contribution in [0, 0.1) is 12.8 Å². The first-order valence-corrected chi connectivity index (χ1v) is 9.21. The molecule has 128 valence electrons. The summed E-state index contributed by atoms with van der Waals surface area (Å²) in [6, 6.07) is 6.39. The number of carbonyl (C=O) groups excluding carboxylic acids is 1. The van der Waals surface area contributed by atoms with Crippen LogP contribution in [-0.4, -0.2) is 47.0 Å². The second kappa shape index (κ2) is 6.46. The van der Waals surface area contributed by atoms with Crippen molar-refractivity contribution >= 4 is 22.6 Å². The minimum atomic E-state index is 0.287. The van der Waals surface area contributed by atoms with Crippen LogP contribution in [0.25, 0.3) is 11.0 Å². The molecule has 0 unspecified atom stereocenters. The van der Waals surface area contributed by atoms with Gasteiger partial charge in [0.25, 0.3) is 0 Å². The van der Waals surface area contributed by atoms with Crippen molar-refractivity contribution in [2.45, 2.75) is 39.0 Å². The first-order chi connectivity index (χ1) is 11.7. The first kappa shape index (κ1) is 15.5. The molecule has 1 saturated carbocycles. The number of aromatic nitrogens is 2. The summed E-state index contributed by atoms with van der Waals surface area (Å²) in [6.45, 7) is 5.49. The number of carbonyl (C=O) groups is 1. The molecule has 0 atom stereocenters. The highest BCUT2D eigenvalue weighted by molar-refractivity contribution is 5.81. The number of piperazine rings is 1. The van der Waals surface area contributed by atoms with Gasteiger partial charge in [-0.15, -0.1) is 0 Å². The highest BCUT2D eigenvalue weighted by atomic mass is 16.2. The normalized spacial score (nSPS) is 19.9. The monoisotopic (exact) mass is 326 g/mol. The standard InChI is InChI=1S/C19H26N4O/c1-14-20-17-8-7-16(13-18(17)21-14)22-9-11-23(12-10-22)19(24)15-5-3-2-4-6-15/h7-8,13,15H,2-6,9-12H2,1H3,(H,20,21). The number of imidazole rings is 1. The number of aromatic amines is 1. The number of fused-ring (bicyclic) bond motifs is 1. The average molecular weight is 326 g/mol. The fourth-order valence-corrected chi connectivity index (χ4v) is 4.11. The average Bonchev–Trinajstić information content (AvgIpc) is 3.01. The van der Waals surface area contributed by atoms with E-state index in [1.165, 1.54) is 24.9 Å². The van der Waals surface area contributed by atoms with Crippen molar-refractivity contribution in [1.82, 2.24) is 14.9 Å². The van der Waals surface area contributed by atoms with E-state index in [0.717, 1.165) is 55.9 Å². The molecule has 5 heteroatoms. The third-order valence-corrected chi connectivity index (χ3v) is 5.49. The molecule has 1 saturated heterocycles. The van der Waals surface area contributed by atoms with E-state index in [9.17, 15) is 4.79 Å². The lowest BCUT2D eigenvalue weighted by Gasteiger charge is -2.38. The quantitative estimate of drug-likeness (QED) is 0.922. The lowest BCUT2D eigenvalue weighted by Crippen LogP contribution is -2.50. The predicted octanol–water partition coefficient (Wildman–Crippen LogP) is 3.10. The molecular weight excluding hydrogens is 300 g/mol. The topological polar surface area (TPSA) is 52.2 Å². The van der Waals surface area contributed by atoms with Crippen LogP contribution in [0.4, 0.5) is 5.69 Å². The largest absolute Gasteiger partial charge is 0.368 e. The zero-order chi connectivity index (χ0) is 16.5. The summed E-state index contributed by atoms with van der Waals surface area (Å²) in [5.74, 6) is 1.63. The Morgan fingerprint density at radius 2 is 1.88 bits per heavy atom. The number of hydrogen-bond acceptors (Lipinski definition) is 3. The fourth-order valence-electron chi connectivity index (χ4n) is 4.11. The maximum atomic E-state index is 12.7. The molecule has 24 heavy (non-hydrogen) atoms. The zero-order valence-electron chi connectivity index (χ0n) is 14.4. The van der Waals surface area contributed by atoms with E-state index in [0.29, 0.717) is 5.91 Å². The second-order valence-corrected chi connectivity index (χ2v) is 7.17. The van der Waals surface area contributed by atoms with E-state index in [-0.39, 0.29) is 5.92 Å². The van der Waals surface area contributed by atoms with Gasteiger partial charge in [0, 0.05) is 37.8 Å². The summed E-state index contributed by atoms with van der Waals surface area (Å²) < 4.78 is 0. The number of nitrogens with zero attached hydrogens (tertiary/aromatic N) is 3. The number of rotatable bonds is 2. The zero-order valence-corrected chi connectivity index (χ0v) is 14.4. The third-order valence-electron chi connectivity index (χ3n) is 5.49. The van der Waals surface area contributed by atoms with Crippen molar-refractivity contribution in [3.63, 3.8) is 0 Å². The lowest BCUT2D eigenvalue weighted by atomic mass is 9.88. The predicted molar refractivity (Wildman–Crippen MR) is 96.2 cm³/mol. The number of aryl methyl sites for hydroxylation is 1. The number of anilines is 1. The molecule has 1 aromatic heterocycles. The van der Waals surface area contributed by atoms with Crippen molar-refractivity contribution in [3.05, 3.63) is 24.0 Å². The summed E-state index contributed by atoms with van der Waals surface area (Å²) in [5.41, 5.74) is 3.32. The van der Waals surface area contributed by atoms with Gasteiger partial charge >= 0.3 is 0 Å².